The van der Waals surface area contributed by atoms with E-state index in [9.17, 15) is 14.4 Å². The number of halogens is 1. The molecule has 3 unspecified atom stereocenters. The van der Waals surface area contributed by atoms with Gasteiger partial charge in [0.15, 0.2) is 11.6 Å². The molecule has 1 saturated carbocycles. The molecule has 4 N–H and O–H groups in total. The molecule has 3 heterocycles. The van der Waals surface area contributed by atoms with Gasteiger partial charge in [0.25, 0.3) is 5.91 Å². The number of hydrogen-bond acceptors (Lipinski definition) is 9. The zero-order valence-corrected chi connectivity index (χ0v) is 25.1. The van der Waals surface area contributed by atoms with Gasteiger partial charge < -0.3 is 40.0 Å². The summed E-state index contributed by atoms with van der Waals surface area (Å²) in [5.41, 5.74) is 10.4. The van der Waals surface area contributed by atoms with E-state index in [1.807, 2.05) is 6.07 Å². The van der Waals surface area contributed by atoms with Crippen molar-refractivity contribution in [1.82, 2.24) is 15.2 Å². The van der Waals surface area contributed by atoms with Gasteiger partial charge in [-0.3, -0.25) is 4.79 Å². The van der Waals surface area contributed by atoms with Gasteiger partial charge in [0.2, 0.25) is 0 Å². The van der Waals surface area contributed by atoms with Gasteiger partial charge in [0, 0.05) is 56.8 Å². The third-order valence-corrected chi connectivity index (χ3v) is 8.93. The van der Waals surface area contributed by atoms with Crippen molar-refractivity contribution in [1.29, 1.82) is 0 Å². The number of amides is 2. The fraction of sp³-hybridized carbons (Fsp3) is 0.419. The van der Waals surface area contributed by atoms with Crippen molar-refractivity contribution < 1.29 is 28.6 Å². The van der Waals surface area contributed by atoms with Crippen LogP contribution in [0.15, 0.2) is 47.1 Å². The van der Waals surface area contributed by atoms with Gasteiger partial charge >= 0.3 is 12.1 Å². The molecule has 44 heavy (non-hydrogen) atoms. The number of cyclic esters (lactones) is 1. The Hall–Kier alpha value is -4.45. The summed E-state index contributed by atoms with van der Waals surface area (Å²) in [6, 6.07) is 11.7. The number of oxazole rings is 1. The Labute approximate surface area is 259 Å². The number of carbonyl (C=O) groups excluding carboxylic acids is 2. The molecular formula is C31H35ClN6O6. The molecule has 3 fully saturated rings. The summed E-state index contributed by atoms with van der Waals surface area (Å²) < 4.78 is 10.9. The molecule has 3 aromatic rings. The van der Waals surface area contributed by atoms with Crippen LogP contribution in [0.5, 0.6) is 0 Å². The van der Waals surface area contributed by atoms with Crippen LogP contribution in [0.1, 0.15) is 51.1 Å². The van der Waals surface area contributed by atoms with Gasteiger partial charge in [-0.05, 0) is 43.5 Å². The highest BCUT2D eigenvalue weighted by atomic mass is 35.5. The van der Waals surface area contributed by atoms with Crippen LogP contribution in [0, 0.1) is 12.8 Å². The maximum Gasteiger partial charge on any atom is 0.410 e. The molecule has 3 aliphatic rings. The van der Waals surface area contributed by atoms with Crippen LogP contribution >= 0.6 is 11.6 Å². The first kappa shape index (κ1) is 29.6. The van der Waals surface area contributed by atoms with E-state index in [1.54, 1.807) is 17.0 Å². The minimum atomic E-state index is -1.14. The van der Waals surface area contributed by atoms with Crippen LogP contribution in [-0.4, -0.2) is 84.9 Å². The highest BCUT2D eigenvalue weighted by molar-refractivity contribution is 6.34. The van der Waals surface area contributed by atoms with Crippen molar-refractivity contribution in [2.75, 3.05) is 61.3 Å². The number of nitrogens with one attached hydrogen (secondary N) is 1. The van der Waals surface area contributed by atoms with Crippen molar-refractivity contribution in [3.63, 3.8) is 0 Å². The number of hydrogen-bond donors (Lipinski definition) is 3. The lowest BCUT2D eigenvalue weighted by molar-refractivity contribution is 0.0690. The fourth-order valence-electron chi connectivity index (χ4n) is 6.10. The zero-order valence-electron chi connectivity index (χ0n) is 24.4. The van der Waals surface area contributed by atoms with Crippen LogP contribution in [0.2, 0.25) is 5.02 Å². The molecule has 0 radical (unpaired) electrons. The first-order valence-corrected chi connectivity index (χ1v) is 15.1. The summed E-state index contributed by atoms with van der Waals surface area (Å²) in [5.74, 6) is -1.14. The maximum atomic E-state index is 12.9. The molecule has 2 amide bonds. The molecule has 13 heteroatoms. The molecule has 0 bridgehead atoms. The molecule has 2 aliphatic heterocycles. The van der Waals surface area contributed by atoms with E-state index in [-0.39, 0.29) is 29.5 Å². The first-order valence-electron chi connectivity index (χ1n) is 14.8. The number of carbonyl (C=O) groups is 3. The zero-order chi connectivity index (χ0) is 31.0. The molecule has 1 aromatic heterocycles. The predicted octanol–water partition coefficient (Wildman–Crippen LogP) is 3.99. The number of ether oxygens (including phenoxy) is 1. The Balaban J connectivity index is 0.957. The minimum absolute atomic E-state index is 0.0384. The van der Waals surface area contributed by atoms with E-state index in [1.165, 1.54) is 11.3 Å². The average molecular weight is 623 g/mol. The van der Waals surface area contributed by atoms with Crippen molar-refractivity contribution in [2.24, 2.45) is 5.92 Å². The smallest absolute Gasteiger partial charge is 0.410 e. The topological polar surface area (TPSA) is 154 Å². The second-order valence-corrected chi connectivity index (χ2v) is 11.9. The van der Waals surface area contributed by atoms with Crippen molar-refractivity contribution in [2.45, 2.75) is 31.8 Å². The van der Waals surface area contributed by atoms with E-state index in [2.05, 4.69) is 45.2 Å². The van der Waals surface area contributed by atoms with Crippen LogP contribution in [0.3, 0.4) is 0 Å². The van der Waals surface area contributed by atoms with Gasteiger partial charge in [-0.15, -0.1) is 0 Å². The SMILES string of the molecule is Cc1ccccc1N1CCN(c2cc(Cl)c(C(=O)NCCCN3CC(C4CC4c4nc(C(=O)O)co4)OC3=O)cc2N)CC1. The van der Waals surface area contributed by atoms with Gasteiger partial charge in [0.05, 0.1) is 28.5 Å². The molecule has 3 atom stereocenters. The highest BCUT2D eigenvalue weighted by Crippen LogP contribution is 2.51. The Kier molecular flexibility index (Phi) is 8.26. The minimum Gasteiger partial charge on any atom is -0.476 e. The predicted molar refractivity (Wildman–Crippen MR) is 165 cm³/mol. The van der Waals surface area contributed by atoms with Crippen molar-refractivity contribution in [3.8, 4) is 0 Å². The summed E-state index contributed by atoms with van der Waals surface area (Å²) in [4.78, 5) is 46.6. The number of carboxylic acids is 1. The van der Waals surface area contributed by atoms with Gasteiger partial charge in [-0.2, -0.15) is 0 Å². The lowest BCUT2D eigenvalue weighted by Crippen LogP contribution is -2.47. The Morgan fingerprint density at radius 2 is 1.86 bits per heavy atom. The molecule has 232 valence electrons. The number of anilines is 3. The number of aryl methyl sites for hydroxylation is 1. The lowest BCUT2D eigenvalue weighted by Gasteiger charge is -2.38. The number of piperazine rings is 1. The Bertz CT molecular complexity index is 1570. The number of nitrogens with zero attached hydrogens (tertiary/aromatic N) is 4. The Morgan fingerprint density at radius 3 is 2.57 bits per heavy atom. The maximum absolute atomic E-state index is 12.9. The van der Waals surface area contributed by atoms with E-state index >= 15 is 0 Å². The van der Waals surface area contributed by atoms with Crippen LogP contribution in [0.25, 0.3) is 0 Å². The molecule has 2 aromatic carbocycles. The number of para-hydroxylation sites is 1. The third-order valence-electron chi connectivity index (χ3n) is 8.61. The summed E-state index contributed by atoms with van der Waals surface area (Å²) in [6.07, 6.45) is 1.65. The number of carboxylic acid groups (broad SMARTS) is 1. The van der Waals surface area contributed by atoms with Crippen molar-refractivity contribution in [3.05, 3.63) is 70.4 Å². The van der Waals surface area contributed by atoms with Crippen LogP contribution in [-0.2, 0) is 4.74 Å². The summed E-state index contributed by atoms with van der Waals surface area (Å²) in [5, 5.41) is 12.2. The number of nitrogens with two attached hydrogens (primary N) is 1. The normalized spacial score (nSPS) is 21.4. The van der Waals surface area contributed by atoms with E-state index in [0.717, 1.165) is 38.1 Å². The largest absolute Gasteiger partial charge is 0.476 e. The molecule has 1 aliphatic carbocycles. The monoisotopic (exact) mass is 622 g/mol. The average Bonchev–Trinajstić information content (AvgIpc) is 3.48. The lowest BCUT2D eigenvalue weighted by atomic mass is 10.1. The quantitative estimate of drug-likeness (QED) is 0.223. The van der Waals surface area contributed by atoms with Crippen LogP contribution in [0.4, 0.5) is 21.9 Å². The van der Waals surface area contributed by atoms with Crippen LogP contribution < -0.4 is 20.9 Å². The highest BCUT2D eigenvalue weighted by Gasteiger charge is 2.52. The molecular weight excluding hydrogens is 588 g/mol. The summed E-state index contributed by atoms with van der Waals surface area (Å²) in [6.45, 7) is 6.57. The van der Waals surface area contributed by atoms with Gasteiger partial charge in [-0.1, -0.05) is 29.8 Å². The Morgan fingerprint density at radius 1 is 1.14 bits per heavy atom. The number of rotatable bonds is 10. The third kappa shape index (κ3) is 6.12. The molecule has 6 rings (SSSR count). The number of benzene rings is 2. The standard InChI is InChI=1S/C31H35ClN6O6/c1-18-5-2-3-6-25(18)36-9-11-37(12-10-36)26-15-22(32)21(14-23(26)33)28(39)34-7-4-8-38-16-27(44-31(38)42)19-13-20(19)29-35-24(17-43-29)30(40)41/h2-3,5-6,14-15,17,19-20,27H,4,7-13,16,33H2,1H3,(H,34,39)(H,40,41). The van der Waals surface area contributed by atoms with E-state index < -0.39 is 12.1 Å². The second kappa shape index (κ2) is 12.3. The first-order chi connectivity index (χ1) is 21.2. The molecule has 0 spiro atoms. The summed E-state index contributed by atoms with van der Waals surface area (Å²) in [7, 11) is 0. The van der Waals surface area contributed by atoms with Gasteiger partial charge in [-0.25, -0.2) is 14.6 Å². The molecule has 2 saturated heterocycles. The fourth-order valence-corrected chi connectivity index (χ4v) is 6.35. The number of nitrogen functional groups attached to an aromatic ring is 1. The summed E-state index contributed by atoms with van der Waals surface area (Å²) >= 11 is 6.56. The van der Waals surface area contributed by atoms with Crippen molar-refractivity contribution >= 4 is 46.6 Å². The van der Waals surface area contributed by atoms with E-state index in [0.29, 0.717) is 54.6 Å². The number of aromatic nitrogens is 1. The van der Waals surface area contributed by atoms with Gasteiger partial charge in [0.1, 0.15) is 12.4 Å². The molecule has 12 nitrogen and oxygen atoms in total. The number of aromatic carboxylic acids is 1. The second-order valence-electron chi connectivity index (χ2n) is 11.5. The van der Waals surface area contributed by atoms with E-state index in [4.69, 9.17) is 31.6 Å².